The number of piperidine rings is 1. The molecule has 144 valence electrons. The molecule has 4 rings (SSSR count). The Labute approximate surface area is 167 Å². The first-order valence-corrected chi connectivity index (χ1v) is 10.2. The number of likely N-dealkylation sites (tertiary alicyclic amines) is 1. The molecule has 2 aromatic carbocycles. The maximum atomic E-state index is 13.4. The van der Waals surface area contributed by atoms with Crippen molar-refractivity contribution in [2.24, 2.45) is 5.92 Å². The number of hydrogen-bond donors (Lipinski definition) is 1. The van der Waals surface area contributed by atoms with Gasteiger partial charge in [-0.2, -0.15) is 0 Å². The third-order valence-corrected chi connectivity index (χ3v) is 6.16. The molecule has 0 saturated carbocycles. The molecule has 1 aliphatic heterocycles. The molecule has 0 bridgehead atoms. The van der Waals surface area contributed by atoms with Crippen molar-refractivity contribution < 1.29 is 14.0 Å². The minimum Gasteiger partial charge on any atom is -0.351 e. The quantitative estimate of drug-likeness (QED) is 0.706. The van der Waals surface area contributed by atoms with Gasteiger partial charge in [0.05, 0.1) is 12.5 Å². The minimum absolute atomic E-state index is 0.0119. The van der Waals surface area contributed by atoms with E-state index in [1.54, 1.807) is 28.4 Å². The van der Waals surface area contributed by atoms with E-state index in [2.05, 4.69) is 23.5 Å². The van der Waals surface area contributed by atoms with Crippen molar-refractivity contribution in [3.05, 3.63) is 70.9 Å². The molecule has 2 heterocycles. The number of rotatable bonds is 5. The Morgan fingerprint density at radius 1 is 1.18 bits per heavy atom. The Balaban J connectivity index is 1.36. The van der Waals surface area contributed by atoms with Crippen molar-refractivity contribution in [1.82, 2.24) is 10.2 Å². The summed E-state index contributed by atoms with van der Waals surface area (Å²) in [6, 6.07) is 16.5. The molecule has 28 heavy (non-hydrogen) atoms. The third kappa shape index (κ3) is 4.22. The minimum atomic E-state index is -0.320. The summed E-state index contributed by atoms with van der Waals surface area (Å²) < 4.78 is 14.6. The predicted molar refractivity (Wildman–Crippen MR) is 108 cm³/mol. The lowest BCUT2D eigenvalue weighted by Gasteiger charge is -2.32. The van der Waals surface area contributed by atoms with Crippen molar-refractivity contribution in [2.45, 2.75) is 25.9 Å². The zero-order chi connectivity index (χ0) is 19.5. The number of hydrogen-bond acceptors (Lipinski definition) is 3. The van der Waals surface area contributed by atoms with Crippen LogP contribution in [0.25, 0.3) is 10.1 Å². The van der Waals surface area contributed by atoms with Gasteiger partial charge in [-0.05, 0) is 41.6 Å². The van der Waals surface area contributed by atoms with E-state index in [1.807, 2.05) is 12.1 Å². The fourth-order valence-electron chi connectivity index (χ4n) is 3.58. The van der Waals surface area contributed by atoms with Crippen LogP contribution in [0.4, 0.5) is 4.39 Å². The molecular weight excluding hydrogens is 375 g/mol. The van der Waals surface area contributed by atoms with Gasteiger partial charge in [0.2, 0.25) is 11.8 Å². The summed E-state index contributed by atoms with van der Waals surface area (Å²) in [5.74, 6) is -0.577. The van der Waals surface area contributed by atoms with E-state index in [1.165, 1.54) is 22.2 Å². The molecule has 0 aliphatic carbocycles. The van der Waals surface area contributed by atoms with Gasteiger partial charge < -0.3 is 10.2 Å². The van der Waals surface area contributed by atoms with Crippen LogP contribution in [-0.4, -0.2) is 23.3 Å². The van der Waals surface area contributed by atoms with Gasteiger partial charge in [0.25, 0.3) is 0 Å². The lowest BCUT2D eigenvalue weighted by molar-refractivity contribution is -0.139. The summed E-state index contributed by atoms with van der Waals surface area (Å²) in [5.41, 5.74) is 0.736. The fraction of sp³-hybridized carbons (Fsp3) is 0.273. The van der Waals surface area contributed by atoms with E-state index in [0.717, 1.165) is 10.4 Å². The molecule has 2 amide bonds. The van der Waals surface area contributed by atoms with Gasteiger partial charge in [-0.15, -0.1) is 11.3 Å². The van der Waals surface area contributed by atoms with Gasteiger partial charge in [0, 0.05) is 29.1 Å². The highest BCUT2D eigenvalue weighted by Gasteiger charge is 2.30. The van der Waals surface area contributed by atoms with Gasteiger partial charge in [-0.3, -0.25) is 9.59 Å². The van der Waals surface area contributed by atoms with E-state index >= 15 is 0 Å². The Morgan fingerprint density at radius 2 is 2.04 bits per heavy atom. The van der Waals surface area contributed by atoms with Gasteiger partial charge in [-0.1, -0.05) is 30.3 Å². The van der Waals surface area contributed by atoms with Gasteiger partial charge >= 0.3 is 0 Å². The first-order valence-electron chi connectivity index (χ1n) is 9.36. The summed E-state index contributed by atoms with van der Waals surface area (Å²) in [7, 11) is 0. The zero-order valence-corrected chi connectivity index (χ0v) is 16.2. The average molecular weight is 396 g/mol. The largest absolute Gasteiger partial charge is 0.351 e. The lowest BCUT2D eigenvalue weighted by atomic mass is 9.96. The Bertz CT molecular complexity index is 983. The van der Waals surface area contributed by atoms with E-state index in [0.29, 0.717) is 32.5 Å². The SMILES string of the molecule is O=C(NCc1cc2ccccc2s1)[C@@H]1CCC(=O)N(Cc2cccc(F)c2)C1. The van der Waals surface area contributed by atoms with Crippen LogP contribution in [0.2, 0.25) is 0 Å². The molecular formula is C22H21FN2O2S. The Morgan fingerprint density at radius 3 is 2.86 bits per heavy atom. The first-order chi connectivity index (χ1) is 13.6. The van der Waals surface area contributed by atoms with E-state index < -0.39 is 0 Å². The smallest absolute Gasteiger partial charge is 0.225 e. The topological polar surface area (TPSA) is 49.4 Å². The normalized spacial score (nSPS) is 17.1. The van der Waals surface area contributed by atoms with Crippen LogP contribution in [0, 0.1) is 11.7 Å². The van der Waals surface area contributed by atoms with Crippen molar-refractivity contribution >= 4 is 33.2 Å². The molecule has 1 aliphatic rings. The number of benzene rings is 2. The van der Waals surface area contributed by atoms with Crippen LogP contribution in [-0.2, 0) is 22.7 Å². The van der Waals surface area contributed by atoms with Crippen molar-refractivity contribution in [3.8, 4) is 0 Å². The van der Waals surface area contributed by atoms with Gasteiger partial charge in [0.1, 0.15) is 5.82 Å². The standard InChI is InChI=1S/C22H21FN2O2S/c23-18-6-3-4-15(10-18)13-25-14-17(8-9-21(25)26)22(27)24-12-19-11-16-5-1-2-7-20(16)28-19/h1-7,10-11,17H,8-9,12-14H2,(H,24,27)/t17-/m1/s1. The maximum absolute atomic E-state index is 13.4. The van der Waals surface area contributed by atoms with E-state index in [4.69, 9.17) is 0 Å². The second-order valence-corrected chi connectivity index (χ2v) is 8.28. The van der Waals surface area contributed by atoms with Crippen LogP contribution >= 0.6 is 11.3 Å². The van der Waals surface area contributed by atoms with Crippen LogP contribution in [0.1, 0.15) is 23.3 Å². The first kappa shape index (κ1) is 18.6. The number of thiophene rings is 1. The maximum Gasteiger partial charge on any atom is 0.225 e. The highest BCUT2D eigenvalue weighted by atomic mass is 32.1. The summed E-state index contributed by atoms with van der Waals surface area (Å²) in [6.45, 7) is 1.19. The summed E-state index contributed by atoms with van der Waals surface area (Å²) >= 11 is 1.68. The molecule has 4 nitrogen and oxygen atoms in total. The highest BCUT2D eigenvalue weighted by Crippen LogP contribution is 2.25. The van der Waals surface area contributed by atoms with Gasteiger partial charge in [-0.25, -0.2) is 4.39 Å². The second-order valence-electron chi connectivity index (χ2n) is 7.11. The molecule has 0 unspecified atom stereocenters. The molecule has 1 aromatic heterocycles. The lowest BCUT2D eigenvalue weighted by Crippen LogP contribution is -2.45. The van der Waals surface area contributed by atoms with Crippen LogP contribution in [0.15, 0.2) is 54.6 Å². The monoisotopic (exact) mass is 396 g/mol. The van der Waals surface area contributed by atoms with Crippen LogP contribution in [0.3, 0.4) is 0 Å². The number of nitrogens with zero attached hydrogens (tertiary/aromatic N) is 1. The summed E-state index contributed by atoms with van der Waals surface area (Å²) in [6.07, 6.45) is 0.896. The number of carbonyl (C=O) groups excluding carboxylic acids is 2. The summed E-state index contributed by atoms with van der Waals surface area (Å²) in [4.78, 5) is 27.6. The van der Waals surface area contributed by atoms with Crippen molar-refractivity contribution in [1.29, 1.82) is 0 Å². The number of halogens is 1. The molecule has 0 spiro atoms. The zero-order valence-electron chi connectivity index (χ0n) is 15.4. The van der Waals surface area contributed by atoms with Crippen molar-refractivity contribution in [2.75, 3.05) is 6.54 Å². The molecule has 1 atom stereocenters. The van der Waals surface area contributed by atoms with Crippen molar-refractivity contribution in [3.63, 3.8) is 0 Å². The number of nitrogens with one attached hydrogen (secondary N) is 1. The Kier molecular flexibility index (Phi) is 5.39. The van der Waals surface area contributed by atoms with Gasteiger partial charge in [0.15, 0.2) is 0 Å². The predicted octanol–water partition coefficient (Wildman–Crippen LogP) is 4.10. The van der Waals surface area contributed by atoms with Crippen LogP contribution < -0.4 is 5.32 Å². The van der Waals surface area contributed by atoms with Crippen LogP contribution in [0.5, 0.6) is 0 Å². The molecule has 3 aromatic rings. The van der Waals surface area contributed by atoms with E-state index in [-0.39, 0.29) is 23.5 Å². The molecule has 1 N–H and O–H groups in total. The average Bonchev–Trinajstić information content (AvgIpc) is 3.11. The fourth-order valence-corrected chi connectivity index (χ4v) is 4.58. The van der Waals surface area contributed by atoms with E-state index in [9.17, 15) is 14.0 Å². The Hall–Kier alpha value is -2.73. The number of carbonyl (C=O) groups is 2. The molecule has 1 fully saturated rings. The second kappa shape index (κ2) is 8.10. The third-order valence-electron chi connectivity index (χ3n) is 5.05. The molecule has 6 heteroatoms. The number of amides is 2. The summed E-state index contributed by atoms with van der Waals surface area (Å²) in [5, 5.41) is 4.19. The molecule has 1 saturated heterocycles. The number of fused-ring (bicyclic) bond motifs is 1. The molecule has 0 radical (unpaired) electrons. The highest BCUT2D eigenvalue weighted by molar-refractivity contribution is 7.19.